The molecule has 1 amide bonds. The summed E-state index contributed by atoms with van der Waals surface area (Å²) >= 11 is 8.22. The second-order valence-electron chi connectivity index (χ2n) is 7.76. The fourth-order valence-corrected chi connectivity index (χ4v) is 5.19. The molecule has 2 aromatic heterocycles. The molecule has 0 saturated carbocycles. The number of amides is 1. The molecule has 0 unspecified atom stereocenters. The standard InChI is InChI=1S/C26H22ClN5OS/c1-2-18-14-20-25(19-10-6-7-11-21(19)27)29-16-23-31-30-22(32(23)26(20)34-18)15-28-24(33)13-12-17-8-4-3-5-9-17/h3-14H,2,15-16H2,1H3,(H,28,33). The van der Waals surface area contributed by atoms with Gasteiger partial charge in [-0.25, -0.2) is 0 Å². The van der Waals surface area contributed by atoms with Crippen molar-refractivity contribution in [3.05, 3.63) is 105 Å². The minimum atomic E-state index is -0.191. The van der Waals surface area contributed by atoms with E-state index < -0.39 is 0 Å². The Balaban J connectivity index is 1.44. The Labute approximate surface area is 206 Å². The molecule has 1 N–H and O–H groups in total. The first-order valence-corrected chi connectivity index (χ1v) is 12.2. The number of aliphatic imine (C=N–C) groups is 1. The van der Waals surface area contributed by atoms with E-state index >= 15 is 0 Å². The highest BCUT2D eigenvalue weighted by atomic mass is 35.5. The highest BCUT2D eigenvalue weighted by Gasteiger charge is 2.26. The van der Waals surface area contributed by atoms with Gasteiger partial charge in [0.05, 0.1) is 12.3 Å². The van der Waals surface area contributed by atoms with Crippen LogP contribution in [-0.2, 0) is 24.3 Å². The minimum absolute atomic E-state index is 0.191. The molecule has 1 aliphatic rings. The van der Waals surface area contributed by atoms with Crippen LogP contribution in [0, 0.1) is 0 Å². The van der Waals surface area contributed by atoms with E-state index in [0.29, 0.717) is 17.4 Å². The number of aromatic nitrogens is 3. The van der Waals surface area contributed by atoms with Crippen molar-refractivity contribution in [2.45, 2.75) is 26.4 Å². The molecule has 0 radical (unpaired) electrons. The zero-order chi connectivity index (χ0) is 23.5. The highest BCUT2D eigenvalue weighted by molar-refractivity contribution is 7.15. The van der Waals surface area contributed by atoms with Crippen LogP contribution in [0.1, 0.15) is 40.1 Å². The van der Waals surface area contributed by atoms with Gasteiger partial charge in [0.1, 0.15) is 11.5 Å². The van der Waals surface area contributed by atoms with Crippen LogP contribution in [0.2, 0.25) is 5.02 Å². The molecule has 0 saturated heterocycles. The molecule has 34 heavy (non-hydrogen) atoms. The van der Waals surface area contributed by atoms with Crippen molar-refractivity contribution < 1.29 is 4.79 Å². The monoisotopic (exact) mass is 487 g/mol. The average molecular weight is 488 g/mol. The SMILES string of the molecule is CCc1cc2c(s1)-n1c(nnc1CNC(=O)C=Cc1ccccc1)CN=C2c1ccccc1Cl. The zero-order valence-corrected chi connectivity index (χ0v) is 20.1. The van der Waals surface area contributed by atoms with E-state index in [1.165, 1.54) is 11.0 Å². The second-order valence-corrected chi connectivity index (χ2v) is 9.28. The van der Waals surface area contributed by atoms with E-state index in [4.69, 9.17) is 16.6 Å². The smallest absolute Gasteiger partial charge is 0.244 e. The Morgan fingerprint density at radius 2 is 1.91 bits per heavy atom. The lowest BCUT2D eigenvalue weighted by atomic mass is 10.0. The molecule has 0 atom stereocenters. The lowest BCUT2D eigenvalue weighted by Crippen LogP contribution is -2.22. The maximum Gasteiger partial charge on any atom is 0.244 e. The fraction of sp³-hybridized carbons (Fsp3) is 0.154. The number of nitrogens with zero attached hydrogens (tertiary/aromatic N) is 4. The first-order valence-electron chi connectivity index (χ1n) is 11.0. The van der Waals surface area contributed by atoms with Gasteiger partial charge in [0, 0.05) is 27.1 Å². The quantitative estimate of drug-likeness (QED) is 0.379. The van der Waals surface area contributed by atoms with Gasteiger partial charge in [-0.05, 0) is 30.2 Å². The van der Waals surface area contributed by atoms with E-state index in [0.717, 1.165) is 39.6 Å². The lowest BCUT2D eigenvalue weighted by Gasteiger charge is -2.10. The molecule has 8 heteroatoms. The van der Waals surface area contributed by atoms with Crippen LogP contribution in [0.3, 0.4) is 0 Å². The molecule has 0 aliphatic carbocycles. The van der Waals surface area contributed by atoms with E-state index in [1.807, 2.05) is 59.2 Å². The van der Waals surface area contributed by atoms with E-state index in [9.17, 15) is 4.79 Å². The number of hydrogen-bond donors (Lipinski definition) is 1. The lowest BCUT2D eigenvalue weighted by molar-refractivity contribution is -0.116. The van der Waals surface area contributed by atoms with Crippen LogP contribution < -0.4 is 5.32 Å². The van der Waals surface area contributed by atoms with Crippen LogP contribution in [0.5, 0.6) is 0 Å². The number of fused-ring (bicyclic) bond motifs is 3. The zero-order valence-electron chi connectivity index (χ0n) is 18.5. The molecule has 0 bridgehead atoms. The van der Waals surface area contributed by atoms with Gasteiger partial charge in [0.2, 0.25) is 5.91 Å². The van der Waals surface area contributed by atoms with Crippen molar-refractivity contribution in [2.24, 2.45) is 4.99 Å². The fourth-order valence-electron chi connectivity index (χ4n) is 3.83. The topological polar surface area (TPSA) is 72.2 Å². The summed E-state index contributed by atoms with van der Waals surface area (Å²) in [4.78, 5) is 18.5. The van der Waals surface area contributed by atoms with E-state index in [1.54, 1.807) is 17.4 Å². The Morgan fingerprint density at radius 1 is 1.12 bits per heavy atom. The van der Waals surface area contributed by atoms with Gasteiger partial charge in [0.15, 0.2) is 11.6 Å². The maximum atomic E-state index is 12.4. The maximum absolute atomic E-state index is 12.4. The molecular weight excluding hydrogens is 466 g/mol. The molecule has 0 fully saturated rings. The summed E-state index contributed by atoms with van der Waals surface area (Å²) in [6.07, 6.45) is 4.22. The molecule has 170 valence electrons. The highest BCUT2D eigenvalue weighted by Crippen LogP contribution is 2.34. The Morgan fingerprint density at radius 3 is 2.71 bits per heavy atom. The van der Waals surface area contributed by atoms with Gasteiger partial charge >= 0.3 is 0 Å². The third kappa shape index (κ3) is 4.44. The van der Waals surface area contributed by atoms with Gasteiger partial charge in [0.25, 0.3) is 0 Å². The molecule has 0 spiro atoms. The number of thiophene rings is 1. The molecular formula is C26H22ClN5OS. The van der Waals surface area contributed by atoms with Gasteiger partial charge in [-0.2, -0.15) is 0 Å². The number of carbonyl (C=O) groups is 1. The Kier molecular flexibility index (Phi) is 6.38. The van der Waals surface area contributed by atoms with Gasteiger partial charge in [-0.15, -0.1) is 21.5 Å². The number of hydrogen-bond acceptors (Lipinski definition) is 5. The Hall–Kier alpha value is -3.55. The Bertz CT molecular complexity index is 1400. The van der Waals surface area contributed by atoms with Crippen LogP contribution in [0.25, 0.3) is 11.1 Å². The summed E-state index contributed by atoms with van der Waals surface area (Å²) in [7, 11) is 0. The van der Waals surface area contributed by atoms with Crippen LogP contribution in [-0.4, -0.2) is 26.4 Å². The van der Waals surface area contributed by atoms with Crippen molar-refractivity contribution in [1.29, 1.82) is 0 Å². The molecule has 3 heterocycles. The first-order chi connectivity index (χ1) is 16.6. The number of rotatable bonds is 6. The normalized spacial score (nSPS) is 12.7. The number of nitrogens with one attached hydrogen (secondary N) is 1. The van der Waals surface area contributed by atoms with Crippen molar-refractivity contribution in [3.8, 4) is 5.00 Å². The minimum Gasteiger partial charge on any atom is -0.345 e. The molecule has 4 aromatic rings. The molecule has 6 nitrogen and oxygen atoms in total. The van der Waals surface area contributed by atoms with E-state index in [2.05, 4.69) is 28.5 Å². The van der Waals surface area contributed by atoms with Gasteiger partial charge in [-0.1, -0.05) is 67.1 Å². The number of carbonyl (C=O) groups excluding carboxylic acids is 1. The summed E-state index contributed by atoms with van der Waals surface area (Å²) in [5, 5.41) is 13.3. The predicted molar refractivity (Wildman–Crippen MR) is 137 cm³/mol. The number of benzene rings is 2. The second kappa shape index (κ2) is 9.75. The van der Waals surface area contributed by atoms with Gasteiger partial charge < -0.3 is 5.32 Å². The third-order valence-corrected chi connectivity index (χ3v) is 7.12. The predicted octanol–water partition coefficient (Wildman–Crippen LogP) is 5.23. The van der Waals surface area contributed by atoms with Crippen LogP contribution >= 0.6 is 22.9 Å². The summed E-state index contributed by atoms with van der Waals surface area (Å²) in [6, 6.07) is 19.6. The van der Waals surface area contributed by atoms with Crippen LogP contribution in [0.15, 0.2) is 71.7 Å². The first kappa shape index (κ1) is 22.3. The van der Waals surface area contributed by atoms with Crippen molar-refractivity contribution in [3.63, 3.8) is 0 Å². The summed E-state index contributed by atoms with van der Waals surface area (Å²) in [5.74, 6) is 1.21. The summed E-state index contributed by atoms with van der Waals surface area (Å²) in [6.45, 7) is 2.76. The van der Waals surface area contributed by atoms with E-state index in [-0.39, 0.29) is 12.5 Å². The summed E-state index contributed by atoms with van der Waals surface area (Å²) in [5.41, 5.74) is 3.71. The van der Waals surface area contributed by atoms with Crippen LogP contribution in [0.4, 0.5) is 0 Å². The van der Waals surface area contributed by atoms with Gasteiger partial charge in [-0.3, -0.25) is 14.4 Å². The molecule has 2 aromatic carbocycles. The number of aryl methyl sites for hydroxylation is 1. The van der Waals surface area contributed by atoms with Crippen molar-refractivity contribution in [2.75, 3.05) is 0 Å². The third-order valence-electron chi connectivity index (χ3n) is 5.52. The summed E-state index contributed by atoms with van der Waals surface area (Å²) < 4.78 is 2.02. The average Bonchev–Trinajstić information content (AvgIpc) is 3.43. The van der Waals surface area contributed by atoms with Crippen molar-refractivity contribution >= 4 is 40.6 Å². The molecule has 5 rings (SSSR count). The number of halogens is 1. The largest absolute Gasteiger partial charge is 0.345 e. The van der Waals surface area contributed by atoms with Crippen molar-refractivity contribution in [1.82, 2.24) is 20.1 Å². The molecule has 1 aliphatic heterocycles.